The van der Waals surface area contributed by atoms with Crippen LogP contribution >= 0.6 is 0 Å². The third kappa shape index (κ3) is 6.12. The number of rotatable bonds is 7. The summed E-state index contributed by atoms with van der Waals surface area (Å²) in [4.78, 5) is 31.4. The molecule has 1 aromatic heterocycles. The van der Waals surface area contributed by atoms with Crippen LogP contribution in [0.25, 0.3) is 0 Å². The molecule has 1 heterocycles. The van der Waals surface area contributed by atoms with Crippen LogP contribution in [0.2, 0.25) is 0 Å². The maximum Gasteiger partial charge on any atom is 0.422 e. The van der Waals surface area contributed by atoms with Gasteiger partial charge in [0.2, 0.25) is 5.95 Å². The van der Waals surface area contributed by atoms with Crippen LogP contribution < -0.4 is 19.5 Å². The maximum atomic E-state index is 12.3. The lowest BCUT2D eigenvalue weighted by Gasteiger charge is -2.11. The summed E-state index contributed by atoms with van der Waals surface area (Å²) in [5.74, 6) is -0.714. The molecule has 162 valence electrons. The van der Waals surface area contributed by atoms with Crippen LogP contribution in [0.4, 0.5) is 29.6 Å². The van der Waals surface area contributed by atoms with E-state index in [0.717, 1.165) is 19.2 Å². The summed E-state index contributed by atoms with van der Waals surface area (Å²) in [6, 6.07) is 1.34. The Balaban J connectivity index is 2.20. The fourth-order valence-electron chi connectivity index (χ4n) is 1.84. The highest BCUT2D eigenvalue weighted by Crippen LogP contribution is 2.23. The Labute approximate surface area is 165 Å². The van der Waals surface area contributed by atoms with Crippen LogP contribution in [-0.4, -0.2) is 54.2 Å². The number of carbonyl (C=O) groups excluding carboxylic acids is 1. The summed E-state index contributed by atoms with van der Waals surface area (Å²) >= 11 is 0. The quantitative estimate of drug-likeness (QED) is 0.459. The number of para-hydroxylation sites is 1. The third-order valence-corrected chi connectivity index (χ3v) is 4.32. The van der Waals surface area contributed by atoms with Crippen molar-refractivity contribution in [2.75, 3.05) is 19.0 Å². The van der Waals surface area contributed by atoms with Crippen molar-refractivity contribution in [1.29, 1.82) is 0 Å². The zero-order chi connectivity index (χ0) is 22.5. The number of anilines is 1. The van der Waals surface area contributed by atoms with Gasteiger partial charge in [-0.25, -0.2) is 17.9 Å². The minimum absolute atomic E-state index is 0.543. The number of nitrogens with one attached hydrogen (secondary N) is 2. The second-order valence-electron chi connectivity index (χ2n) is 5.12. The van der Waals surface area contributed by atoms with Gasteiger partial charge >= 0.3 is 24.2 Å². The van der Waals surface area contributed by atoms with Gasteiger partial charge in [-0.15, -0.1) is 4.98 Å². The number of aromatic nitrogens is 3. The number of carbonyl (C=O) groups is 1. The van der Waals surface area contributed by atoms with Crippen molar-refractivity contribution in [1.82, 2.24) is 19.7 Å². The summed E-state index contributed by atoms with van der Waals surface area (Å²) in [6.45, 7) is -1.75. The number of hydrogen-bond acceptors (Lipinski definition) is 10. The van der Waals surface area contributed by atoms with Crippen molar-refractivity contribution in [2.24, 2.45) is 0 Å². The van der Waals surface area contributed by atoms with Crippen LogP contribution in [0, 0.1) is 10.1 Å². The van der Waals surface area contributed by atoms with Gasteiger partial charge in [0.1, 0.15) is 0 Å². The molecule has 0 aliphatic carbocycles. The van der Waals surface area contributed by atoms with Gasteiger partial charge in [-0.2, -0.15) is 23.1 Å². The predicted octanol–water partition coefficient (Wildman–Crippen LogP) is 1.24. The molecule has 0 aliphatic rings. The first kappa shape index (κ1) is 22.5. The Morgan fingerprint density at radius 2 is 1.83 bits per heavy atom. The zero-order valence-electron chi connectivity index (χ0n) is 14.7. The normalized spacial score (nSPS) is 11.5. The number of hydrogen-bond donors (Lipinski definition) is 2. The number of amides is 2. The molecule has 17 heteroatoms. The number of urea groups is 1. The van der Waals surface area contributed by atoms with Gasteiger partial charge in [0.25, 0.3) is 15.7 Å². The van der Waals surface area contributed by atoms with E-state index in [2.05, 4.69) is 24.4 Å². The number of ether oxygens (including phenoxy) is 2. The molecule has 2 aromatic rings. The lowest BCUT2D eigenvalue weighted by atomic mass is 10.3. The summed E-state index contributed by atoms with van der Waals surface area (Å²) < 4.78 is 71.7. The zero-order valence-corrected chi connectivity index (χ0v) is 15.5. The van der Waals surface area contributed by atoms with Crippen LogP contribution in [0.1, 0.15) is 0 Å². The lowest BCUT2D eigenvalue weighted by molar-refractivity contribution is -0.387. The van der Waals surface area contributed by atoms with Gasteiger partial charge in [0, 0.05) is 6.07 Å². The second-order valence-corrected chi connectivity index (χ2v) is 6.77. The van der Waals surface area contributed by atoms with Crippen molar-refractivity contribution in [3.63, 3.8) is 0 Å². The van der Waals surface area contributed by atoms with Gasteiger partial charge in [0.05, 0.1) is 12.0 Å². The molecule has 1 aromatic carbocycles. The number of sulfonamides is 1. The molecule has 0 unspecified atom stereocenters. The van der Waals surface area contributed by atoms with Gasteiger partial charge in [0.15, 0.2) is 11.5 Å². The molecule has 2 N–H and O–H groups in total. The van der Waals surface area contributed by atoms with E-state index in [1.165, 1.54) is 16.9 Å². The van der Waals surface area contributed by atoms with Crippen LogP contribution in [0.3, 0.4) is 0 Å². The van der Waals surface area contributed by atoms with Gasteiger partial charge < -0.3 is 9.47 Å². The van der Waals surface area contributed by atoms with Gasteiger partial charge in [-0.1, -0.05) is 12.1 Å². The van der Waals surface area contributed by atoms with Crippen LogP contribution in [-0.2, 0) is 10.0 Å². The van der Waals surface area contributed by atoms with Crippen molar-refractivity contribution < 1.29 is 40.8 Å². The van der Waals surface area contributed by atoms with Crippen LogP contribution in [0.15, 0.2) is 29.2 Å². The Kier molecular flexibility index (Phi) is 6.55. The molecule has 0 bridgehead atoms. The molecular weight excluding hydrogens is 441 g/mol. The molecule has 0 atom stereocenters. The highest BCUT2D eigenvalue weighted by molar-refractivity contribution is 7.90. The molecule has 0 saturated heterocycles. The smallest absolute Gasteiger partial charge is 0.422 e. The minimum Gasteiger partial charge on any atom is -0.467 e. The first-order valence-corrected chi connectivity index (χ1v) is 8.96. The number of halogens is 3. The molecule has 13 nitrogen and oxygen atoms in total. The molecule has 0 spiro atoms. The fraction of sp³-hybridized carbons (Fsp3) is 0.231. The average molecular weight is 452 g/mol. The Bertz CT molecular complexity index is 1060. The first-order valence-electron chi connectivity index (χ1n) is 7.48. The Morgan fingerprint density at radius 1 is 1.20 bits per heavy atom. The maximum absolute atomic E-state index is 12.3. The number of benzene rings is 1. The minimum atomic E-state index is -4.71. The summed E-state index contributed by atoms with van der Waals surface area (Å²) in [7, 11) is -3.64. The van der Waals surface area contributed by atoms with E-state index in [9.17, 15) is 36.5 Å². The van der Waals surface area contributed by atoms with E-state index in [1.807, 2.05) is 5.32 Å². The number of nitro groups is 1. The van der Waals surface area contributed by atoms with Crippen molar-refractivity contribution in [3.05, 3.63) is 34.4 Å². The van der Waals surface area contributed by atoms with E-state index < -0.39 is 62.3 Å². The largest absolute Gasteiger partial charge is 0.467 e. The molecule has 2 amide bonds. The molecule has 0 aliphatic heterocycles. The van der Waals surface area contributed by atoms with E-state index in [4.69, 9.17) is 0 Å². The Hall–Kier alpha value is -3.76. The number of nitrogens with zero attached hydrogens (tertiary/aromatic N) is 4. The lowest BCUT2D eigenvalue weighted by Crippen LogP contribution is -2.35. The highest BCUT2D eigenvalue weighted by atomic mass is 32.2. The number of alkyl halides is 3. The molecule has 0 fully saturated rings. The highest BCUT2D eigenvalue weighted by Gasteiger charge is 2.30. The molecule has 30 heavy (non-hydrogen) atoms. The Morgan fingerprint density at radius 3 is 2.43 bits per heavy atom. The molecule has 0 saturated carbocycles. The first-order chi connectivity index (χ1) is 13.9. The van der Waals surface area contributed by atoms with Gasteiger partial charge in [-0.3, -0.25) is 15.4 Å². The second kappa shape index (κ2) is 8.72. The molecule has 0 radical (unpaired) electrons. The molecule has 2 rings (SSSR count). The third-order valence-electron chi connectivity index (χ3n) is 2.95. The van der Waals surface area contributed by atoms with Gasteiger partial charge in [-0.05, 0) is 6.07 Å². The van der Waals surface area contributed by atoms with E-state index in [-0.39, 0.29) is 0 Å². The molecular formula is C13H11F3N6O7S. The van der Waals surface area contributed by atoms with E-state index in [1.54, 1.807) is 0 Å². The monoisotopic (exact) mass is 452 g/mol. The van der Waals surface area contributed by atoms with Crippen molar-refractivity contribution >= 4 is 27.7 Å². The van der Waals surface area contributed by atoms with Crippen molar-refractivity contribution in [2.45, 2.75) is 11.1 Å². The van der Waals surface area contributed by atoms with Crippen LogP contribution in [0.5, 0.6) is 12.0 Å². The standard InChI is InChI=1S/C13H11F3N6O7S/c1-28-11-18-9(19-12(20-11)29-6-13(14,15)16)17-10(23)21-30(26,27)8-5-3-2-4-7(8)22(24)25/h2-5H,6H2,1H3,(H2,17,18,19,20,21,23). The summed E-state index contributed by atoms with van der Waals surface area (Å²) in [5.41, 5.74) is -0.789. The SMILES string of the molecule is COc1nc(NC(=O)NS(=O)(=O)c2ccccc2[N+](=O)[O-])nc(OCC(F)(F)F)n1. The van der Waals surface area contributed by atoms with Crippen molar-refractivity contribution in [3.8, 4) is 12.0 Å². The number of methoxy groups -OCH3 is 1. The fourth-order valence-corrected chi connectivity index (χ4v) is 2.92. The number of nitro benzene ring substituents is 1. The average Bonchev–Trinajstić information content (AvgIpc) is 2.65. The van der Waals surface area contributed by atoms with E-state index in [0.29, 0.717) is 0 Å². The summed E-state index contributed by atoms with van der Waals surface area (Å²) in [6.07, 6.45) is -4.71. The topological polar surface area (TPSA) is 176 Å². The predicted molar refractivity (Wildman–Crippen MR) is 90.4 cm³/mol. The summed E-state index contributed by atoms with van der Waals surface area (Å²) in [5, 5.41) is 12.8. The van der Waals surface area contributed by atoms with E-state index >= 15 is 0 Å².